The summed E-state index contributed by atoms with van der Waals surface area (Å²) < 4.78 is 27.9. The van der Waals surface area contributed by atoms with Gasteiger partial charge in [0.05, 0.1) is 20.8 Å². The van der Waals surface area contributed by atoms with E-state index >= 15 is 0 Å². The van der Waals surface area contributed by atoms with E-state index in [0.717, 1.165) is 6.07 Å². The number of carbonyl (C=O) groups is 1. The van der Waals surface area contributed by atoms with Crippen LogP contribution in [0.1, 0.15) is 18.6 Å². The normalized spacial score (nSPS) is 11.8. The van der Waals surface area contributed by atoms with Gasteiger partial charge in [-0.25, -0.2) is 9.18 Å². The molecule has 0 aliphatic carbocycles. The lowest BCUT2D eigenvalue weighted by Gasteiger charge is -2.16. The van der Waals surface area contributed by atoms with Crippen LogP contribution in [0, 0.1) is 5.82 Å². The summed E-state index contributed by atoms with van der Waals surface area (Å²) in [7, 11) is 2.56. The van der Waals surface area contributed by atoms with Gasteiger partial charge in [0.15, 0.2) is 23.4 Å². The third-order valence-electron chi connectivity index (χ3n) is 2.31. The van der Waals surface area contributed by atoms with Gasteiger partial charge in [-0.3, -0.25) is 0 Å². The van der Waals surface area contributed by atoms with E-state index < -0.39 is 17.9 Å². The molecule has 1 aromatic rings. The maximum absolute atomic E-state index is 13.4. The van der Waals surface area contributed by atoms with Gasteiger partial charge in [0.1, 0.15) is 0 Å². The number of carbonyl (C=O) groups excluding carboxylic acids is 1. The Morgan fingerprint density at radius 3 is 2.44 bits per heavy atom. The molecule has 0 aromatic heterocycles. The second kappa shape index (κ2) is 6.20. The number of ether oxygens (including phenoxy) is 3. The van der Waals surface area contributed by atoms with Crippen LogP contribution in [0.25, 0.3) is 0 Å². The van der Waals surface area contributed by atoms with Crippen molar-refractivity contribution in [2.75, 3.05) is 20.8 Å². The van der Waals surface area contributed by atoms with Crippen LogP contribution >= 0.6 is 0 Å². The summed E-state index contributed by atoms with van der Waals surface area (Å²) in [5.41, 5.74) is 0.0919. The summed E-state index contributed by atoms with van der Waals surface area (Å²) in [5, 5.41) is 9.81. The van der Waals surface area contributed by atoms with E-state index in [1.54, 1.807) is 6.92 Å². The highest BCUT2D eigenvalue weighted by molar-refractivity contribution is 5.77. The van der Waals surface area contributed by atoms with Crippen LogP contribution in [0.4, 0.5) is 4.39 Å². The third-order valence-corrected chi connectivity index (χ3v) is 2.31. The molecule has 6 heteroatoms. The Balaban J connectivity index is 3.20. The van der Waals surface area contributed by atoms with Crippen molar-refractivity contribution in [2.45, 2.75) is 13.0 Å². The van der Waals surface area contributed by atoms with Gasteiger partial charge in [0.2, 0.25) is 0 Å². The summed E-state index contributed by atoms with van der Waals surface area (Å²) in [5.74, 6) is -1.67. The number of halogens is 1. The zero-order valence-corrected chi connectivity index (χ0v) is 10.4. The largest absolute Gasteiger partial charge is 0.492 e. The first-order valence-electron chi connectivity index (χ1n) is 5.31. The number of aliphatic hydroxyl groups excluding tert-OH is 1. The van der Waals surface area contributed by atoms with E-state index in [0.29, 0.717) is 0 Å². The number of rotatable bonds is 5. The fraction of sp³-hybridized carbons (Fsp3) is 0.417. The second-order valence-electron chi connectivity index (χ2n) is 3.36. The molecule has 18 heavy (non-hydrogen) atoms. The minimum atomic E-state index is -1.55. The number of benzene rings is 1. The number of methoxy groups -OCH3 is 2. The quantitative estimate of drug-likeness (QED) is 0.809. The molecule has 100 valence electrons. The Morgan fingerprint density at radius 1 is 1.33 bits per heavy atom. The smallest absolute Gasteiger partial charge is 0.339 e. The molecule has 0 aliphatic heterocycles. The fourth-order valence-electron chi connectivity index (χ4n) is 1.52. The van der Waals surface area contributed by atoms with Crippen molar-refractivity contribution < 1.29 is 28.5 Å². The zero-order chi connectivity index (χ0) is 13.7. The monoisotopic (exact) mass is 258 g/mol. The first-order chi connectivity index (χ1) is 8.56. The van der Waals surface area contributed by atoms with Crippen molar-refractivity contribution in [3.05, 3.63) is 23.5 Å². The minimum Gasteiger partial charge on any atom is -0.492 e. The number of hydrogen-bond acceptors (Lipinski definition) is 5. The molecule has 0 saturated heterocycles. The van der Waals surface area contributed by atoms with Crippen molar-refractivity contribution in [3.8, 4) is 11.5 Å². The summed E-state index contributed by atoms with van der Waals surface area (Å²) >= 11 is 0. The van der Waals surface area contributed by atoms with Crippen LogP contribution < -0.4 is 9.47 Å². The molecular weight excluding hydrogens is 243 g/mol. The molecule has 0 heterocycles. The van der Waals surface area contributed by atoms with E-state index in [9.17, 15) is 14.3 Å². The predicted molar refractivity (Wildman–Crippen MR) is 61.1 cm³/mol. The van der Waals surface area contributed by atoms with Gasteiger partial charge in [-0.15, -0.1) is 0 Å². The first-order valence-corrected chi connectivity index (χ1v) is 5.31. The van der Waals surface area contributed by atoms with E-state index in [-0.39, 0.29) is 23.7 Å². The molecule has 1 atom stereocenters. The molecule has 0 fully saturated rings. The lowest BCUT2D eigenvalue weighted by Crippen LogP contribution is -2.16. The topological polar surface area (TPSA) is 65.0 Å². The number of esters is 1. The summed E-state index contributed by atoms with van der Waals surface area (Å²) in [6.07, 6.45) is -1.55. The van der Waals surface area contributed by atoms with E-state index in [4.69, 9.17) is 9.47 Å². The van der Waals surface area contributed by atoms with Crippen LogP contribution in [-0.2, 0) is 9.53 Å². The zero-order valence-electron chi connectivity index (χ0n) is 10.4. The Hall–Kier alpha value is -1.82. The standard InChI is InChI=1S/C12H15FO5/c1-4-18-12(15)9(14)7-5-6-8(13)11(17-3)10(7)16-2/h5-6,9,14H,4H2,1-3H3. The van der Waals surface area contributed by atoms with Gasteiger partial charge in [-0.1, -0.05) is 0 Å². The number of aliphatic hydroxyl groups is 1. The summed E-state index contributed by atoms with van der Waals surface area (Å²) in [6.45, 7) is 1.75. The summed E-state index contributed by atoms with van der Waals surface area (Å²) in [6, 6.07) is 2.33. The molecule has 0 aliphatic rings. The maximum Gasteiger partial charge on any atom is 0.339 e. The predicted octanol–water partition coefficient (Wildman–Crippen LogP) is 1.44. The van der Waals surface area contributed by atoms with Crippen molar-refractivity contribution in [1.29, 1.82) is 0 Å². The van der Waals surface area contributed by atoms with E-state index in [1.165, 1.54) is 20.3 Å². The van der Waals surface area contributed by atoms with Crippen molar-refractivity contribution in [1.82, 2.24) is 0 Å². The second-order valence-corrected chi connectivity index (χ2v) is 3.36. The van der Waals surface area contributed by atoms with Crippen molar-refractivity contribution in [3.63, 3.8) is 0 Å². The lowest BCUT2D eigenvalue weighted by molar-refractivity contribution is -0.153. The summed E-state index contributed by atoms with van der Waals surface area (Å²) in [4.78, 5) is 11.4. The van der Waals surface area contributed by atoms with Crippen LogP contribution in [0.2, 0.25) is 0 Å². The highest BCUT2D eigenvalue weighted by atomic mass is 19.1. The molecule has 0 spiro atoms. The molecule has 0 amide bonds. The van der Waals surface area contributed by atoms with Crippen LogP contribution in [0.3, 0.4) is 0 Å². The van der Waals surface area contributed by atoms with Gasteiger partial charge >= 0.3 is 5.97 Å². The first kappa shape index (κ1) is 14.2. The molecular formula is C12H15FO5. The fourth-order valence-corrected chi connectivity index (χ4v) is 1.52. The van der Waals surface area contributed by atoms with Gasteiger partial charge in [-0.2, -0.15) is 0 Å². The SMILES string of the molecule is CCOC(=O)C(O)c1ccc(F)c(OC)c1OC. The molecule has 0 bridgehead atoms. The lowest BCUT2D eigenvalue weighted by atomic mass is 10.1. The average Bonchev–Trinajstić information content (AvgIpc) is 2.37. The molecule has 5 nitrogen and oxygen atoms in total. The van der Waals surface area contributed by atoms with Crippen LogP contribution in [-0.4, -0.2) is 31.9 Å². The Kier molecular flexibility index (Phi) is 4.91. The Labute approximate surface area is 104 Å². The van der Waals surface area contributed by atoms with Crippen molar-refractivity contribution in [2.24, 2.45) is 0 Å². The van der Waals surface area contributed by atoms with Gasteiger partial charge in [0, 0.05) is 5.56 Å². The highest BCUT2D eigenvalue weighted by Gasteiger charge is 2.26. The molecule has 1 unspecified atom stereocenters. The molecule has 0 saturated carbocycles. The van der Waals surface area contributed by atoms with E-state index in [2.05, 4.69) is 4.74 Å². The van der Waals surface area contributed by atoms with Gasteiger partial charge in [0.25, 0.3) is 0 Å². The average molecular weight is 258 g/mol. The maximum atomic E-state index is 13.4. The van der Waals surface area contributed by atoms with E-state index in [1.807, 2.05) is 0 Å². The molecule has 0 radical (unpaired) electrons. The molecule has 1 rings (SSSR count). The third kappa shape index (κ3) is 2.70. The minimum absolute atomic E-state index is 0.0296. The van der Waals surface area contributed by atoms with Crippen LogP contribution in [0.15, 0.2) is 12.1 Å². The van der Waals surface area contributed by atoms with Gasteiger partial charge in [-0.05, 0) is 19.1 Å². The molecule has 1 aromatic carbocycles. The van der Waals surface area contributed by atoms with Crippen molar-refractivity contribution >= 4 is 5.97 Å². The molecule has 1 N–H and O–H groups in total. The van der Waals surface area contributed by atoms with Gasteiger partial charge < -0.3 is 19.3 Å². The number of hydrogen-bond donors (Lipinski definition) is 1. The van der Waals surface area contributed by atoms with Crippen LogP contribution in [0.5, 0.6) is 11.5 Å². The Bertz CT molecular complexity index is 433. The highest BCUT2D eigenvalue weighted by Crippen LogP contribution is 2.37. The Morgan fingerprint density at radius 2 is 1.94 bits per heavy atom.